The lowest BCUT2D eigenvalue weighted by Gasteiger charge is -2.24. The van der Waals surface area contributed by atoms with Gasteiger partial charge in [-0.15, -0.1) is 0 Å². The molecule has 1 N–H and O–H groups in total. The predicted octanol–water partition coefficient (Wildman–Crippen LogP) is 3.92. The highest BCUT2D eigenvalue weighted by Crippen LogP contribution is 2.36. The van der Waals surface area contributed by atoms with Gasteiger partial charge in [-0.1, -0.05) is 0 Å². The Balaban J connectivity index is 1.74. The van der Waals surface area contributed by atoms with Crippen LogP contribution >= 0.6 is 15.9 Å². The van der Waals surface area contributed by atoms with E-state index in [0.717, 1.165) is 54.7 Å². The van der Waals surface area contributed by atoms with Crippen LogP contribution in [-0.2, 0) is 6.42 Å². The Kier molecular flexibility index (Phi) is 4.61. The van der Waals surface area contributed by atoms with Crippen molar-refractivity contribution in [3.05, 3.63) is 28.0 Å². The molecule has 1 aromatic rings. The van der Waals surface area contributed by atoms with Gasteiger partial charge in [-0.05, 0) is 90.7 Å². The molecule has 0 radical (unpaired) electrons. The zero-order valence-electron chi connectivity index (χ0n) is 11.6. The highest BCUT2D eigenvalue weighted by molar-refractivity contribution is 9.10. The average molecular weight is 342 g/mol. The number of piperidine rings is 1. The molecule has 1 aromatic carbocycles. The van der Waals surface area contributed by atoms with Crippen LogP contribution in [0.25, 0.3) is 0 Å². The third kappa shape index (κ3) is 3.73. The van der Waals surface area contributed by atoms with E-state index >= 15 is 0 Å². The molecule has 4 heteroatoms. The topological polar surface area (TPSA) is 21.3 Å². The summed E-state index contributed by atoms with van der Waals surface area (Å²) in [5.41, 5.74) is 1.02. The zero-order chi connectivity index (χ0) is 13.9. The number of rotatable bonds is 5. The van der Waals surface area contributed by atoms with Gasteiger partial charge in [0, 0.05) is 0 Å². The maximum Gasteiger partial charge on any atom is 0.136 e. The van der Waals surface area contributed by atoms with Crippen molar-refractivity contribution in [3.63, 3.8) is 0 Å². The summed E-state index contributed by atoms with van der Waals surface area (Å²) in [6.45, 7) is 2.91. The van der Waals surface area contributed by atoms with E-state index in [1.165, 1.54) is 18.9 Å². The first-order valence-electron chi connectivity index (χ1n) is 7.54. The number of benzene rings is 1. The second-order valence-corrected chi connectivity index (χ2v) is 6.88. The largest absolute Gasteiger partial charge is 0.492 e. The van der Waals surface area contributed by atoms with E-state index in [4.69, 9.17) is 4.74 Å². The van der Waals surface area contributed by atoms with Crippen molar-refractivity contribution in [1.82, 2.24) is 5.32 Å². The van der Waals surface area contributed by atoms with Gasteiger partial charge in [0.15, 0.2) is 0 Å². The molecule has 1 heterocycles. The molecular formula is C16H21BrFNO. The molecule has 20 heavy (non-hydrogen) atoms. The molecule has 0 spiro atoms. The molecule has 0 amide bonds. The fourth-order valence-electron chi connectivity index (χ4n) is 2.81. The molecule has 1 aliphatic heterocycles. The highest BCUT2D eigenvalue weighted by Gasteiger charge is 2.24. The van der Waals surface area contributed by atoms with Gasteiger partial charge in [-0.3, -0.25) is 0 Å². The monoisotopic (exact) mass is 341 g/mol. The summed E-state index contributed by atoms with van der Waals surface area (Å²) in [5, 5.41) is 3.37. The molecule has 0 aromatic heterocycles. The number of ether oxygens (including phenoxy) is 1. The normalized spacial score (nSPS) is 20.1. The fourth-order valence-corrected chi connectivity index (χ4v) is 3.40. The smallest absolute Gasteiger partial charge is 0.136 e. The minimum absolute atomic E-state index is 0.181. The Morgan fingerprint density at radius 3 is 2.60 bits per heavy atom. The molecular weight excluding hydrogens is 321 g/mol. The van der Waals surface area contributed by atoms with Crippen molar-refractivity contribution in [2.24, 2.45) is 11.8 Å². The summed E-state index contributed by atoms with van der Waals surface area (Å²) < 4.78 is 20.4. The van der Waals surface area contributed by atoms with Crippen LogP contribution in [0.1, 0.15) is 31.2 Å². The molecule has 2 nitrogen and oxygen atoms in total. The van der Waals surface area contributed by atoms with Gasteiger partial charge in [0.25, 0.3) is 0 Å². The highest BCUT2D eigenvalue weighted by atomic mass is 79.9. The molecule has 110 valence electrons. The van der Waals surface area contributed by atoms with Crippen LogP contribution in [0.4, 0.5) is 4.39 Å². The SMILES string of the molecule is Fc1cc(Br)c(OCC2CC2)c(CC2CCNCC2)c1. The van der Waals surface area contributed by atoms with Gasteiger partial charge in [0.2, 0.25) is 0 Å². The lowest BCUT2D eigenvalue weighted by atomic mass is 9.90. The summed E-state index contributed by atoms with van der Waals surface area (Å²) >= 11 is 3.46. The molecule has 1 saturated carbocycles. The Morgan fingerprint density at radius 1 is 1.15 bits per heavy atom. The second kappa shape index (κ2) is 6.44. The van der Waals surface area contributed by atoms with Crippen molar-refractivity contribution in [2.45, 2.75) is 32.1 Å². The summed E-state index contributed by atoms with van der Waals surface area (Å²) in [6.07, 6.45) is 5.77. The van der Waals surface area contributed by atoms with Gasteiger partial charge >= 0.3 is 0 Å². The van der Waals surface area contributed by atoms with Crippen LogP contribution in [-0.4, -0.2) is 19.7 Å². The lowest BCUT2D eigenvalue weighted by molar-refractivity contribution is 0.290. The Bertz CT molecular complexity index is 470. The van der Waals surface area contributed by atoms with Crippen molar-refractivity contribution in [1.29, 1.82) is 0 Å². The molecule has 2 fully saturated rings. The van der Waals surface area contributed by atoms with Crippen LogP contribution in [0.3, 0.4) is 0 Å². The van der Waals surface area contributed by atoms with Crippen LogP contribution in [0.15, 0.2) is 16.6 Å². The molecule has 0 unspecified atom stereocenters. The van der Waals surface area contributed by atoms with E-state index in [9.17, 15) is 4.39 Å². The average Bonchev–Trinajstić information content (AvgIpc) is 3.23. The van der Waals surface area contributed by atoms with Crippen LogP contribution < -0.4 is 10.1 Å². The molecule has 1 saturated heterocycles. The van der Waals surface area contributed by atoms with Gasteiger partial charge in [0.1, 0.15) is 11.6 Å². The lowest BCUT2D eigenvalue weighted by Crippen LogP contribution is -2.28. The van der Waals surface area contributed by atoms with Crippen LogP contribution in [0.5, 0.6) is 5.75 Å². The van der Waals surface area contributed by atoms with E-state index in [2.05, 4.69) is 21.2 Å². The van der Waals surface area contributed by atoms with E-state index in [-0.39, 0.29) is 5.82 Å². The molecule has 2 aliphatic rings. The Morgan fingerprint density at radius 2 is 1.90 bits per heavy atom. The number of nitrogens with one attached hydrogen (secondary N) is 1. The number of hydrogen-bond donors (Lipinski definition) is 1. The maximum atomic E-state index is 13.7. The summed E-state index contributed by atoms with van der Waals surface area (Å²) in [7, 11) is 0. The fraction of sp³-hybridized carbons (Fsp3) is 0.625. The first-order valence-corrected chi connectivity index (χ1v) is 8.33. The van der Waals surface area contributed by atoms with E-state index < -0.39 is 0 Å². The summed E-state index contributed by atoms with van der Waals surface area (Å²) in [6, 6.07) is 3.16. The van der Waals surface area contributed by atoms with Crippen molar-refractivity contribution in [3.8, 4) is 5.75 Å². The van der Waals surface area contributed by atoms with Gasteiger partial charge in [0.05, 0.1) is 11.1 Å². The third-order valence-electron chi connectivity index (χ3n) is 4.21. The Hall–Kier alpha value is -0.610. The summed E-state index contributed by atoms with van der Waals surface area (Å²) in [4.78, 5) is 0. The van der Waals surface area contributed by atoms with E-state index in [1.807, 2.05) is 0 Å². The minimum Gasteiger partial charge on any atom is -0.492 e. The number of halogens is 2. The van der Waals surface area contributed by atoms with Crippen molar-refractivity contribution in [2.75, 3.05) is 19.7 Å². The zero-order valence-corrected chi connectivity index (χ0v) is 13.2. The van der Waals surface area contributed by atoms with Crippen LogP contribution in [0, 0.1) is 17.7 Å². The molecule has 3 rings (SSSR count). The third-order valence-corrected chi connectivity index (χ3v) is 4.80. The Labute approximate surface area is 128 Å². The van der Waals surface area contributed by atoms with Gasteiger partial charge in [-0.25, -0.2) is 4.39 Å². The van der Waals surface area contributed by atoms with E-state index in [1.54, 1.807) is 6.07 Å². The molecule has 0 atom stereocenters. The predicted molar refractivity (Wildman–Crippen MR) is 81.6 cm³/mol. The second-order valence-electron chi connectivity index (χ2n) is 6.03. The van der Waals surface area contributed by atoms with Gasteiger partial charge in [-0.2, -0.15) is 0 Å². The quantitative estimate of drug-likeness (QED) is 0.876. The van der Waals surface area contributed by atoms with Crippen molar-refractivity contribution >= 4 is 15.9 Å². The first-order chi connectivity index (χ1) is 9.72. The first kappa shape index (κ1) is 14.3. The molecule has 1 aliphatic carbocycles. The maximum absolute atomic E-state index is 13.7. The van der Waals surface area contributed by atoms with E-state index in [0.29, 0.717) is 11.8 Å². The molecule has 0 bridgehead atoms. The number of hydrogen-bond acceptors (Lipinski definition) is 2. The van der Waals surface area contributed by atoms with Crippen molar-refractivity contribution < 1.29 is 9.13 Å². The van der Waals surface area contributed by atoms with Crippen LogP contribution in [0.2, 0.25) is 0 Å². The van der Waals surface area contributed by atoms with Gasteiger partial charge < -0.3 is 10.1 Å². The minimum atomic E-state index is -0.181. The summed E-state index contributed by atoms with van der Waals surface area (Å²) in [5.74, 6) is 2.02. The standard InChI is InChI=1S/C16H21BrFNO/c17-15-9-14(18)8-13(7-11-3-5-19-6-4-11)16(15)20-10-12-1-2-12/h8-9,11-12,19H,1-7,10H2.